The Labute approximate surface area is 237 Å². The molecule has 0 fully saturated rings. The van der Waals surface area contributed by atoms with Gasteiger partial charge in [-0.05, 0) is 79.9 Å². The molecular weight excluding hydrogens is 496 g/mol. The molecule has 1 aliphatic rings. The maximum atomic E-state index is 4.25. The molecule has 0 unspecified atom stereocenters. The number of nitrogens with zero attached hydrogens (tertiary/aromatic N) is 3. The minimum Gasteiger partial charge on any atom is -0.288 e. The summed E-state index contributed by atoms with van der Waals surface area (Å²) < 4.78 is 5.44. The number of aromatic amines is 1. The van der Waals surface area contributed by atoms with Gasteiger partial charge in [0.2, 0.25) is 0 Å². The SMILES string of the molecule is CC(C)(C)c1ccc2c(c1)C=NC2.CC(C)(C)c1ccc2cn[nH]c2c1.CC(C)(C)c1ccc2sncc2c1. The zero-order valence-electron chi connectivity index (χ0n) is 24.9. The van der Waals surface area contributed by atoms with Gasteiger partial charge in [-0.15, -0.1) is 0 Å². The van der Waals surface area contributed by atoms with E-state index in [-0.39, 0.29) is 16.2 Å². The molecule has 204 valence electrons. The number of fused-ring (bicyclic) bond motifs is 3. The van der Waals surface area contributed by atoms with Gasteiger partial charge < -0.3 is 0 Å². The number of aliphatic imine (C=N–C) groups is 1. The van der Waals surface area contributed by atoms with E-state index in [0.29, 0.717) is 0 Å². The summed E-state index contributed by atoms with van der Waals surface area (Å²) in [6, 6.07) is 19.7. The molecule has 3 heterocycles. The molecule has 39 heavy (non-hydrogen) atoms. The smallest absolute Gasteiger partial charge is 0.0653 e. The van der Waals surface area contributed by atoms with Crippen LogP contribution in [-0.4, -0.2) is 20.8 Å². The molecule has 0 radical (unpaired) electrons. The van der Waals surface area contributed by atoms with Crippen LogP contribution in [0.3, 0.4) is 0 Å². The Balaban J connectivity index is 0.000000136. The van der Waals surface area contributed by atoms with Crippen LogP contribution >= 0.6 is 11.5 Å². The zero-order chi connectivity index (χ0) is 28.4. The number of benzene rings is 3. The van der Waals surface area contributed by atoms with Crippen LogP contribution in [0.5, 0.6) is 0 Å². The summed E-state index contributed by atoms with van der Waals surface area (Å²) in [7, 11) is 0. The lowest BCUT2D eigenvalue weighted by Crippen LogP contribution is -2.11. The second-order valence-corrected chi connectivity index (χ2v) is 14.2. The molecule has 0 atom stereocenters. The number of rotatable bonds is 0. The predicted molar refractivity (Wildman–Crippen MR) is 170 cm³/mol. The molecule has 0 saturated heterocycles. The molecule has 0 aliphatic carbocycles. The van der Waals surface area contributed by atoms with Crippen LogP contribution in [0.4, 0.5) is 0 Å². The molecule has 5 aromatic rings. The van der Waals surface area contributed by atoms with E-state index in [0.717, 1.165) is 12.1 Å². The monoisotopic (exact) mass is 538 g/mol. The van der Waals surface area contributed by atoms with Crippen molar-refractivity contribution < 1.29 is 0 Å². The second kappa shape index (κ2) is 11.1. The first-order chi connectivity index (χ1) is 18.2. The van der Waals surface area contributed by atoms with Gasteiger partial charge in [0.05, 0.1) is 23.0 Å². The zero-order valence-corrected chi connectivity index (χ0v) is 25.7. The summed E-state index contributed by atoms with van der Waals surface area (Å²) in [5.41, 5.74) is 8.55. The Morgan fingerprint density at radius 1 is 0.667 bits per heavy atom. The minimum absolute atomic E-state index is 0.208. The Hall–Kier alpha value is -3.31. The van der Waals surface area contributed by atoms with Crippen molar-refractivity contribution in [3.8, 4) is 0 Å². The van der Waals surface area contributed by atoms with Crippen LogP contribution < -0.4 is 0 Å². The molecule has 0 spiro atoms. The minimum atomic E-state index is 0.208. The van der Waals surface area contributed by atoms with Gasteiger partial charge in [-0.25, -0.2) is 0 Å². The Kier molecular flexibility index (Phi) is 8.13. The lowest BCUT2D eigenvalue weighted by molar-refractivity contribution is 0.590. The summed E-state index contributed by atoms with van der Waals surface area (Å²) in [5, 5.41) is 9.42. The summed E-state index contributed by atoms with van der Waals surface area (Å²) in [6.07, 6.45) is 5.77. The van der Waals surface area contributed by atoms with Gasteiger partial charge in [0.15, 0.2) is 0 Å². The van der Waals surface area contributed by atoms with E-state index in [4.69, 9.17) is 0 Å². The van der Waals surface area contributed by atoms with Gasteiger partial charge >= 0.3 is 0 Å². The van der Waals surface area contributed by atoms with Crippen LogP contribution in [0.1, 0.15) is 90.1 Å². The third kappa shape index (κ3) is 7.21. The fourth-order valence-corrected chi connectivity index (χ4v) is 4.94. The van der Waals surface area contributed by atoms with Crippen molar-refractivity contribution in [3.63, 3.8) is 0 Å². The maximum Gasteiger partial charge on any atom is 0.0653 e. The number of hydrogen-bond acceptors (Lipinski definition) is 4. The first kappa shape index (κ1) is 28.7. The lowest BCUT2D eigenvalue weighted by atomic mass is 9.85. The number of H-pyrrole nitrogens is 1. The largest absolute Gasteiger partial charge is 0.288 e. The molecule has 5 heteroatoms. The van der Waals surface area contributed by atoms with Crippen molar-refractivity contribution in [1.29, 1.82) is 0 Å². The molecule has 0 amide bonds. The summed E-state index contributed by atoms with van der Waals surface area (Å²) in [6.45, 7) is 20.9. The van der Waals surface area contributed by atoms with E-state index in [9.17, 15) is 0 Å². The van der Waals surface area contributed by atoms with Crippen molar-refractivity contribution in [2.24, 2.45) is 4.99 Å². The second-order valence-electron chi connectivity index (χ2n) is 13.4. The van der Waals surface area contributed by atoms with E-state index in [2.05, 4.69) is 136 Å². The predicted octanol–water partition coefficient (Wildman–Crippen LogP) is 9.37. The van der Waals surface area contributed by atoms with Gasteiger partial charge in [-0.3, -0.25) is 10.1 Å². The van der Waals surface area contributed by atoms with Gasteiger partial charge in [0, 0.05) is 23.2 Å². The third-order valence-corrected chi connectivity index (χ3v) is 7.81. The molecule has 2 aromatic heterocycles. The maximum absolute atomic E-state index is 4.25. The number of aromatic nitrogens is 3. The average molecular weight is 539 g/mol. The van der Waals surface area contributed by atoms with E-state index in [1.165, 1.54) is 43.3 Å². The first-order valence-electron chi connectivity index (χ1n) is 13.6. The van der Waals surface area contributed by atoms with Crippen LogP contribution in [-0.2, 0) is 22.8 Å². The highest BCUT2D eigenvalue weighted by molar-refractivity contribution is 7.13. The summed E-state index contributed by atoms with van der Waals surface area (Å²) in [4.78, 5) is 4.25. The molecular formula is C34H42N4S. The van der Waals surface area contributed by atoms with Crippen molar-refractivity contribution in [1.82, 2.24) is 14.6 Å². The van der Waals surface area contributed by atoms with Crippen molar-refractivity contribution in [2.75, 3.05) is 0 Å². The molecule has 0 saturated carbocycles. The Morgan fingerprint density at radius 2 is 1.28 bits per heavy atom. The Morgan fingerprint density at radius 3 is 1.97 bits per heavy atom. The molecule has 1 aliphatic heterocycles. The standard InChI is InChI=1S/C12H15N.C11H14N2.C11H13NS/c1-12(2,3)11-5-4-9-7-13-8-10(9)6-11;1-11(2,3)9-5-4-8-7-12-13-10(8)6-9;1-11(2,3)9-4-5-10-8(6-9)7-12-13-10/h4-6,8H,7H2,1-3H3;4-7H,1-3H3,(H,12,13);4-7H,1-3H3. The topological polar surface area (TPSA) is 53.9 Å². The highest BCUT2D eigenvalue weighted by Gasteiger charge is 2.16. The number of hydrogen-bond donors (Lipinski definition) is 1. The van der Waals surface area contributed by atoms with Gasteiger partial charge in [0.25, 0.3) is 0 Å². The fourth-order valence-electron chi connectivity index (χ4n) is 4.31. The van der Waals surface area contributed by atoms with Crippen molar-refractivity contribution in [3.05, 3.63) is 94.8 Å². The van der Waals surface area contributed by atoms with Crippen LogP contribution in [0.15, 0.2) is 72.0 Å². The third-order valence-electron chi connectivity index (χ3n) is 7.03. The molecule has 1 N–H and O–H groups in total. The van der Waals surface area contributed by atoms with Crippen molar-refractivity contribution >= 4 is 38.7 Å². The highest BCUT2D eigenvalue weighted by atomic mass is 32.1. The first-order valence-corrected chi connectivity index (χ1v) is 14.4. The molecule has 4 nitrogen and oxygen atoms in total. The van der Waals surface area contributed by atoms with E-state index in [1.54, 1.807) is 11.5 Å². The van der Waals surface area contributed by atoms with Gasteiger partial charge in [0.1, 0.15) is 0 Å². The normalized spacial score (nSPS) is 13.1. The van der Waals surface area contributed by atoms with Crippen LogP contribution in [0, 0.1) is 0 Å². The molecule has 6 rings (SSSR count). The average Bonchev–Trinajstić information content (AvgIpc) is 3.62. The van der Waals surface area contributed by atoms with E-state index < -0.39 is 0 Å². The highest BCUT2D eigenvalue weighted by Crippen LogP contribution is 2.28. The van der Waals surface area contributed by atoms with Crippen LogP contribution in [0.2, 0.25) is 0 Å². The van der Waals surface area contributed by atoms with Gasteiger partial charge in [-0.1, -0.05) is 92.6 Å². The fraction of sp³-hybridized carbons (Fsp3) is 0.382. The molecule has 0 bridgehead atoms. The molecule has 3 aromatic carbocycles. The van der Waals surface area contributed by atoms with Gasteiger partial charge in [-0.2, -0.15) is 9.47 Å². The Bertz CT molecular complexity index is 1500. The number of nitrogens with one attached hydrogen (secondary N) is 1. The van der Waals surface area contributed by atoms with E-state index >= 15 is 0 Å². The van der Waals surface area contributed by atoms with Crippen LogP contribution in [0.25, 0.3) is 21.0 Å². The summed E-state index contributed by atoms with van der Waals surface area (Å²) >= 11 is 1.56. The quantitative estimate of drug-likeness (QED) is 0.213. The van der Waals surface area contributed by atoms with Crippen molar-refractivity contribution in [2.45, 2.75) is 85.1 Å². The lowest BCUT2D eigenvalue weighted by Gasteiger charge is -2.19. The van der Waals surface area contributed by atoms with E-state index in [1.807, 2.05) is 18.6 Å². The summed E-state index contributed by atoms with van der Waals surface area (Å²) in [5.74, 6) is 0.